The first kappa shape index (κ1) is 21.1. The van der Waals surface area contributed by atoms with E-state index in [9.17, 15) is 4.79 Å². The Hall–Kier alpha value is -1.60. The Bertz CT molecular complexity index is 619. The third kappa shape index (κ3) is 6.21. The van der Waals surface area contributed by atoms with E-state index in [2.05, 4.69) is 38.0 Å². The highest BCUT2D eigenvalue weighted by molar-refractivity contribution is 7.10. The van der Waals surface area contributed by atoms with E-state index in [1.165, 1.54) is 49.8 Å². The summed E-state index contributed by atoms with van der Waals surface area (Å²) >= 11 is 1.82. The molecule has 0 aromatic carbocycles. The van der Waals surface area contributed by atoms with Gasteiger partial charge in [0.05, 0.1) is 6.04 Å². The van der Waals surface area contributed by atoms with Gasteiger partial charge in [0.15, 0.2) is 5.96 Å². The number of amides is 1. The van der Waals surface area contributed by atoms with E-state index in [0.29, 0.717) is 12.1 Å². The van der Waals surface area contributed by atoms with Crippen molar-refractivity contribution in [3.05, 3.63) is 22.4 Å². The number of likely N-dealkylation sites (tertiary alicyclic amines) is 1. The smallest absolute Gasteiger partial charge is 0.243 e. The molecule has 2 heterocycles. The fourth-order valence-corrected chi connectivity index (χ4v) is 4.88. The Labute approximate surface area is 173 Å². The summed E-state index contributed by atoms with van der Waals surface area (Å²) in [5.41, 5.74) is 0. The predicted molar refractivity (Wildman–Crippen MR) is 117 cm³/mol. The van der Waals surface area contributed by atoms with Gasteiger partial charge in [-0.3, -0.25) is 9.69 Å². The molecule has 1 aromatic heterocycles. The molecule has 1 unspecified atom stereocenters. The van der Waals surface area contributed by atoms with Gasteiger partial charge in [-0.2, -0.15) is 0 Å². The number of hydrogen-bond donors (Lipinski definition) is 2. The van der Waals surface area contributed by atoms with Crippen molar-refractivity contribution in [2.45, 2.75) is 57.0 Å². The van der Waals surface area contributed by atoms with Crippen molar-refractivity contribution >= 4 is 23.2 Å². The van der Waals surface area contributed by atoms with Crippen LogP contribution < -0.4 is 10.6 Å². The second-order valence-corrected chi connectivity index (χ2v) is 9.07. The van der Waals surface area contributed by atoms with Gasteiger partial charge >= 0.3 is 0 Å². The van der Waals surface area contributed by atoms with Gasteiger partial charge < -0.3 is 15.5 Å². The molecule has 2 N–H and O–H groups in total. The Balaban J connectivity index is 1.65. The summed E-state index contributed by atoms with van der Waals surface area (Å²) in [6, 6.07) is 5.19. The van der Waals surface area contributed by atoms with Crippen LogP contribution in [0.1, 0.15) is 55.9 Å². The van der Waals surface area contributed by atoms with Gasteiger partial charge in [0.1, 0.15) is 6.54 Å². The van der Waals surface area contributed by atoms with Crippen LogP contribution in [0.15, 0.2) is 22.5 Å². The molecule has 1 saturated carbocycles. The van der Waals surface area contributed by atoms with Crippen molar-refractivity contribution in [3.63, 3.8) is 0 Å². The second kappa shape index (κ2) is 10.8. The Morgan fingerprint density at radius 1 is 1.25 bits per heavy atom. The summed E-state index contributed by atoms with van der Waals surface area (Å²) in [4.78, 5) is 22.2. The number of thiophene rings is 1. The summed E-state index contributed by atoms with van der Waals surface area (Å²) < 4.78 is 0. The number of nitrogens with one attached hydrogen (secondary N) is 2. The fraction of sp³-hybridized carbons (Fsp3) is 0.714. The third-order valence-corrected chi connectivity index (χ3v) is 6.71. The molecule has 28 heavy (non-hydrogen) atoms. The topological polar surface area (TPSA) is 60.0 Å². The average Bonchev–Trinajstić information content (AvgIpc) is 3.41. The monoisotopic (exact) mass is 405 g/mol. The van der Waals surface area contributed by atoms with Gasteiger partial charge in [-0.25, -0.2) is 4.99 Å². The van der Waals surface area contributed by atoms with E-state index in [4.69, 9.17) is 0 Å². The molecule has 0 bridgehead atoms. The van der Waals surface area contributed by atoms with Gasteiger partial charge in [-0.1, -0.05) is 25.3 Å². The highest BCUT2D eigenvalue weighted by Gasteiger charge is 2.25. The zero-order chi connectivity index (χ0) is 19.8. The van der Waals surface area contributed by atoms with Crippen molar-refractivity contribution in [1.82, 2.24) is 20.4 Å². The molecule has 2 aliphatic rings. The van der Waals surface area contributed by atoms with Crippen LogP contribution >= 0.6 is 11.3 Å². The van der Waals surface area contributed by atoms with Crippen LogP contribution in [0, 0.1) is 0 Å². The van der Waals surface area contributed by atoms with Crippen LogP contribution in [0.4, 0.5) is 0 Å². The first-order valence-corrected chi connectivity index (χ1v) is 11.5. The molecule has 7 heteroatoms. The van der Waals surface area contributed by atoms with E-state index in [1.54, 1.807) is 19.0 Å². The maximum absolute atomic E-state index is 12.0. The van der Waals surface area contributed by atoms with Crippen molar-refractivity contribution in [3.8, 4) is 0 Å². The van der Waals surface area contributed by atoms with Gasteiger partial charge in [-0.15, -0.1) is 11.3 Å². The molecular formula is C21H35N5OS. The van der Waals surface area contributed by atoms with Crippen LogP contribution in [0.2, 0.25) is 0 Å². The van der Waals surface area contributed by atoms with E-state index in [0.717, 1.165) is 25.6 Å². The number of hydrogen-bond acceptors (Lipinski definition) is 4. The van der Waals surface area contributed by atoms with Crippen molar-refractivity contribution in [1.29, 1.82) is 0 Å². The minimum Gasteiger partial charge on any atom is -0.354 e. The molecule has 1 aromatic rings. The molecule has 1 amide bonds. The minimum absolute atomic E-state index is 0.0269. The number of guanidine groups is 1. The molecule has 2 fully saturated rings. The first-order valence-electron chi connectivity index (χ1n) is 10.7. The quantitative estimate of drug-likeness (QED) is 0.541. The molecule has 1 aliphatic carbocycles. The van der Waals surface area contributed by atoms with E-state index >= 15 is 0 Å². The van der Waals surface area contributed by atoms with Crippen molar-refractivity contribution < 1.29 is 4.79 Å². The lowest BCUT2D eigenvalue weighted by Gasteiger charge is -2.29. The fourth-order valence-electron chi connectivity index (χ4n) is 4.02. The van der Waals surface area contributed by atoms with Crippen LogP contribution in [-0.4, -0.2) is 68.0 Å². The minimum atomic E-state index is 0.0269. The first-order chi connectivity index (χ1) is 13.6. The molecule has 1 aliphatic heterocycles. The molecule has 6 nitrogen and oxygen atoms in total. The molecule has 0 spiro atoms. The zero-order valence-electron chi connectivity index (χ0n) is 17.3. The number of nitrogens with zero attached hydrogens (tertiary/aromatic N) is 3. The van der Waals surface area contributed by atoms with Crippen molar-refractivity contribution in [2.24, 2.45) is 4.99 Å². The highest BCUT2D eigenvalue weighted by atomic mass is 32.1. The lowest BCUT2D eigenvalue weighted by atomic mass is 9.96. The van der Waals surface area contributed by atoms with Crippen LogP contribution in [-0.2, 0) is 4.79 Å². The molecule has 156 valence electrons. The summed E-state index contributed by atoms with van der Waals surface area (Å²) in [5, 5.41) is 9.31. The predicted octanol–water partition coefficient (Wildman–Crippen LogP) is 2.84. The lowest BCUT2D eigenvalue weighted by molar-refractivity contribution is -0.127. The van der Waals surface area contributed by atoms with Gasteiger partial charge in [0.2, 0.25) is 5.91 Å². The van der Waals surface area contributed by atoms with Gasteiger partial charge in [-0.05, 0) is 50.2 Å². The standard InChI is InChI=1S/C21H35N5OS/c1-25(2)20(27)16-23-21(24-17-9-4-3-5-10-17)22-15-18(19-11-8-14-28-19)26-12-6-7-13-26/h8,11,14,17-18H,3-7,9-10,12-13,15-16H2,1-2H3,(H2,22,23,24). The normalized spacial score (nSPS) is 20.1. The maximum Gasteiger partial charge on any atom is 0.243 e. The summed E-state index contributed by atoms with van der Waals surface area (Å²) in [7, 11) is 3.55. The summed E-state index contributed by atoms with van der Waals surface area (Å²) in [6.45, 7) is 3.31. The Morgan fingerprint density at radius 3 is 2.64 bits per heavy atom. The van der Waals surface area contributed by atoms with Crippen LogP contribution in [0.25, 0.3) is 0 Å². The second-order valence-electron chi connectivity index (χ2n) is 8.09. The molecule has 1 atom stereocenters. The summed E-state index contributed by atoms with van der Waals surface area (Å²) in [5.74, 6) is 0.807. The SMILES string of the molecule is CN(C)C(=O)CN=C(NCC(c1cccs1)N1CCCC1)NC1CCCCC1. The van der Waals surface area contributed by atoms with E-state index in [-0.39, 0.29) is 12.5 Å². The van der Waals surface area contributed by atoms with E-state index in [1.807, 2.05) is 11.3 Å². The number of carbonyl (C=O) groups excluding carboxylic acids is 1. The number of carbonyl (C=O) groups is 1. The summed E-state index contributed by atoms with van der Waals surface area (Å²) in [6.07, 6.45) is 8.79. The van der Waals surface area contributed by atoms with Gasteiger partial charge in [0.25, 0.3) is 0 Å². The molecule has 0 radical (unpaired) electrons. The molecule has 1 saturated heterocycles. The van der Waals surface area contributed by atoms with Crippen LogP contribution in [0.3, 0.4) is 0 Å². The maximum atomic E-state index is 12.0. The third-order valence-electron chi connectivity index (χ3n) is 5.73. The molecular weight excluding hydrogens is 370 g/mol. The number of rotatable bonds is 7. The molecule has 3 rings (SSSR count). The van der Waals surface area contributed by atoms with Crippen molar-refractivity contribution in [2.75, 3.05) is 40.3 Å². The number of likely N-dealkylation sites (N-methyl/N-ethyl adjacent to an activating group) is 1. The largest absolute Gasteiger partial charge is 0.354 e. The van der Waals surface area contributed by atoms with E-state index < -0.39 is 0 Å². The Morgan fingerprint density at radius 2 is 2.00 bits per heavy atom. The zero-order valence-corrected chi connectivity index (χ0v) is 18.1. The lowest BCUT2D eigenvalue weighted by Crippen LogP contribution is -2.47. The highest BCUT2D eigenvalue weighted by Crippen LogP contribution is 2.27. The van der Waals surface area contributed by atoms with Gasteiger partial charge in [0, 0.05) is 31.6 Å². The Kier molecular flexibility index (Phi) is 8.15. The van der Waals surface area contributed by atoms with Crippen LogP contribution in [0.5, 0.6) is 0 Å². The average molecular weight is 406 g/mol. The number of aliphatic imine (C=N–C) groups is 1.